The van der Waals surface area contributed by atoms with E-state index in [4.69, 9.17) is 10.5 Å². The maximum Gasteiger partial charge on any atom is 0.246 e. The molecule has 0 aromatic rings. The molecule has 13 heavy (non-hydrogen) atoms. The van der Waals surface area contributed by atoms with Gasteiger partial charge in [-0.15, -0.1) is 0 Å². The number of ether oxygens (including phenoxy) is 1. The topological polar surface area (TPSA) is 64.3 Å². The largest absolute Gasteiger partial charge is 0.393 e. The van der Waals surface area contributed by atoms with Crippen molar-refractivity contribution in [2.75, 3.05) is 13.2 Å². The fourth-order valence-corrected chi connectivity index (χ4v) is 0.721. The van der Waals surface area contributed by atoms with Gasteiger partial charge in [-0.2, -0.15) is 0 Å². The first-order chi connectivity index (χ1) is 6.02. The van der Waals surface area contributed by atoms with Crippen molar-refractivity contribution >= 4 is 23.1 Å². The summed E-state index contributed by atoms with van der Waals surface area (Å²) in [5.74, 6) is -0.134. The standard InChI is InChI=1S/C8H16N2O2S/c1-6(2)12-5-8(11)10-4-3-7(9)13/h6H,3-5H2,1-2H3,(H2,9,13)(H,10,11). The Hall–Kier alpha value is -0.680. The summed E-state index contributed by atoms with van der Waals surface area (Å²) in [4.78, 5) is 11.4. The molecular weight excluding hydrogens is 188 g/mol. The van der Waals surface area contributed by atoms with Gasteiger partial charge in [-0.3, -0.25) is 4.79 Å². The molecule has 0 heterocycles. The van der Waals surface area contributed by atoms with Crippen LogP contribution in [0.25, 0.3) is 0 Å². The summed E-state index contributed by atoms with van der Waals surface area (Å²) in [6.07, 6.45) is 0.601. The van der Waals surface area contributed by atoms with Crippen molar-refractivity contribution in [1.82, 2.24) is 5.32 Å². The van der Waals surface area contributed by atoms with Gasteiger partial charge in [0.2, 0.25) is 5.91 Å². The first-order valence-corrected chi connectivity index (χ1v) is 4.59. The highest BCUT2D eigenvalue weighted by Gasteiger charge is 2.01. The van der Waals surface area contributed by atoms with Crippen molar-refractivity contribution in [3.63, 3.8) is 0 Å². The smallest absolute Gasteiger partial charge is 0.246 e. The Labute approximate surface area is 83.8 Å². The predicted octanol–water partition coefficient (Wildman–Crippen LogP) is 0.204. The van der Waals surface area contributed by atoms with E-state index >= 15 is 0 Å². The van der Waals surface area contributed by atoms with Crippen LogP contribution in [0.2, 0.25) is 0 Å². The second-order valence-corrected chi connectivity index (χ2v) is 3.45. The molecule has 5 heteroatoms. The lowest BCUT2D eigenvalue weighted by Crippen LogP contribution is -2.31. The lowest BCUT2D eigenvalue weighted by atomic mass is 10.4. The molecule has 76 valence electrons. The van der Waals surface area contributed by atoms with E-state index in [1.165, 1.54) is 0 Å². The molecule has 0 aromatic carbocycles. The lowest BCUT2D eigenvalue weighted by molar-refractivity contribution is -0.127. The minimum atomic E-state index is -0.134. The maximum atomic E-state index is 11.0. The van der Waals surface area contributed by atoms with E-state index in [-0.39, 0.29) is 18.6 Å². The minimum absolute atomic E-state index is 0.0707. The Morgan fingerprint density at radius 1 is 1.62 bits per heavy atom. The summed E-state index contributed by atoms with van der Waals surface area (Å²) < 4.78 is 5.09. The van der Waals surface area contributed by atoms with Gasteiger partial charge in [-0.05, 0) is 13.8 Å². The van der Waals surface area contributed by atoms with Gasteiger partial charge >= 0.3 is 0 Å². The molecule has 0 fully saturated rings. The molecule has 3 N–H and O–H groups in total. The van der Waals surface area contributed by atoms with Crippen LogP contribution in [0.4, 0.5) is 0 Å². The van der Waals surface area contributed by atoms with E-state index in [0.29, 0.717) is 18.0 Å². The van der Waals surface area contributed by atoms with Crippen molar-refractivity contribution < 1.29 is 9.53 Å². The number of hydrogen-bond acceptors (Lipinski definition) is 3. The van der Waals surface area contributed by atoms with Gasteiger partial charge in [-0.1, -0.05) is 12.2 Å². The highest BCUT2D eigenvalue weighted by molar-refractivity contribution is 7.80. The summed E-state index contributed by atoms with van der Waals surface area (Å²) in [5, 5.41) is 2.64. The molecule has 0 saturated heterocycles. The van der Waals surface area contributed by atoms with E-state index in [9.17, 15) is 4.79 Å². The molecule has 0 aromatic heterocycles. The Morgan fingerprint density at radius 3 is 2.69 bits per heavy atom. The highest BCUT2D eigenvalue weighted by atomic mass is 32.1. The van der Waals surface area contributed by atoms with Crippen molar-refractivity contribution in [1.29, 1.82) is 0 Å². The van der Waals surface area contributed by atoms with Gasteiger partial charge in [0, 0.05) is 13.0 Å². The van der Waals surface area contributed by atoms with Gasteiger partial charge in [-0.25, -0.2) is 0 Å². The average molecular weight is 204 g/mol. The predicted molar refractivity (Wildman–Crippen MR) is 55.5 cm³/mol. The van der Waals surface area contributed by atoms with Gasteiger partial charge in [0.1, 0.15) is 6.61 Å². The van der Waals surface area contributed by atoms with Crippen molar-refractivity contribution in [2.45, 2.75) is 26.4 Å². The first-order valence-electron chi connectivity index (χ1n) is 4.19. The molecule has 0 bridgehead atoms. The molecule has 0 aliphatic carbocycles. The van der Waals surface area contributed by atoms with E-state index < -0.39 is 0 Å². The molecule has 0 saturated carbocycles. The van der Waals surface area contributed by atoms with Crippen LogP contribution in [0.5, 0.6) is 0 Å². The van der Waals surface area contributed by atoms with E-state index in [2.05, 4.69) is 17.5 Å². The van der Waals surface area contributed by atoms with Crippen LogP contribution in [0.1, 0.15) is 20.3 Å². The zero-order valence-electron chi connectivity index (χ0n) is 8.00. The third-order valence-corrected chi connectivity index (χ3v) is 1.45. The monoisotopic (exact) mass is 204 g/mol. The minimum Gasteiger partial charge on any atom is -0.393 e. The third kappa shape index (κ3) is 9.23. The molecule has 0 aliphatic rings. The van der Waals surface area contributed by atoms with Crippen LogP contribution in [0, 0.1) is 0 Å². The molecule has 0 aliphatic heterocycles. The average Bonchev–Trinajstić information content (AvgIpc) is 2.00. The summed E-state index contributed by atoms with van der Waals surface area (Å²) >= 11 is 4.65. The molecule has 0 unspecified atom stereocenters. The zero-order chi connectivity index (χ0) is 10.3. The van der Waals surface area contributed by atoms with Crippen LogP contribution in [-0.2, 0) is 9.53 Å². The molecule has 1 amide bonds. The molecular formula is C8H16N2O2S. The van der Waals surface area contributed by atoms with Crippen molar-refractivity contribution in [3.8, 4) is 0 Å². The highest BCUT2D eigenvalue weighted by Crippen LogP contribution is 1.86. The van der Waals surface area contributed by atoms with Crippen LogP contribution in [-0.4, -0.2) is 30.2 Å². The van der Waals surface area contributed by atoms with Crippen LogP contribution < -0.4 is 11.1 Å². The van der Waals surface area contributed by atoms with Gasteiger partial charge in [0.25, 0.3) is 0 Å². The Kier molecular flexibility index (Phi) is 6.44. The second kappa shape index (κ2) is 6.80. The number of nitrogens with one attached hydrogen (secondary N) is 1. The van der Waals surface area contributed by atoms with Gasteiger partial charge in [0.15, 0.2) is 0 Å². The quantitative estimate of drug-likeness (QED) is 0.607. The summed E-state index contributed by atoms with van der Waals surface area (Å²) in [5.41, 5.74) is 5.25. The normalized spacial score (nSPS) is 10.1. The molecule has 0 rings (SSSR count). The fraction of sp³-hybridized carbons (Fsp3) is 0.750. The maximum absolute atomic E-state index is 11.0. The number of carbonyl (C=O) groups is 1. The van der Waals surface area contributed by atoms with E-state index in [1.54, 1.807) is 0 Å². The Morgan fingerprint density at radius 2 is 2.23 bits per heavy atom. The van der Waals surface area contributed by atoms with Gasteiger partial charge < -0.3 is 15.8 Å². The van der Waals surface area contributed by atoms with Crippen LogP contribution in [0.15, 0.2) is 0 Å². The summed E-state index contributed by atoms with van der Waals surface area (Å²) in [7, 11) is 0. The second-order valence-electron chi connectivity index (χ2n) is 2.93. The van der Waals surface area contributed by atoms with Crippen molar-refractivity contribution in [3.05, 3.63) is 0 Å². The first kappa shape index (κ1) is 12.3. The number of amides is 1. The molecule has 0 atom stereocenters. The summed E-state index contributed by atoms with van der Waals surface area (Å²) in [6, 6.07) is 0. The molecule has 0 spiro atoms. The van der Waals surface area contributed by atoms with Crippen molar-refractivity contribution in [2.24, 2.45) is 5.73 Å². The van der Waals surface area contributed by atoms with Gasteiger partial charge in [0.05, 0.1) is 11.1 Å². The summed E-state index contributed by atoms with van der Waals surface area (Å²) in [6.45, 7) is 4.33. The Balaban J connectivity index is 3.35. The Bertz CT molecular complexity index is 183. The van der Waals surface area contributed by atoms with E-state index in [0.717, 1.165) is 0 Å². The number of nitrogens with two attached hydrogens (primary N) is 1. The van der Waals surface area contributed by atoms with Crippen LogP contribution >= 0.6 is 12.2 Å². The number of carbonyl (C=O) groups excluding carboxylic acids is 1. The number of hydrogen-bond donors (Lipinski definition) is 2. The zero-order valence-corrected chi connectivity index (χ0v) is 8.82. The number of thiocarbonyl (C=S) groups is 1. The fourth-order valence-electron chi connectivity index (χ4n) is 0.619. The van der Waals surface area contributed by atoms with E-state index in [1.807, 2.05) is 13.8 Å². The lowest BCUT2D eigenvalue weighted by Gasteiger charge is -2.07. The SMILES string of the molecule is CC(C)OCC(=O)NCCC(N)=S. The van der Waals surface area contributed by atoms with Crippen LogP contribution in [0.3, 0.4) is 0 Å². The third-order valence-electron chi connectivity index (χ3n) is 1.24. The molecule has 0 radical (unpaired) electrons. The number of rotatable bonds is 6. The molecule has 4 nitrogen and oxygen atoms in total.